The average molecular weight is 379 g/mol. The van der Waals surface area contributed by atoms with Crippen molar-refractivity contribution in [1.82, 2.24) is 5.32 Å². The van der Waals surface area contributed by atoms with E-state index in [0.717, 1.165) is 43.4 Å². The highest BCUT2D eigenvalue weighted by Crippen LogP contribution is 2.36. The molecule has 0 bridgehead atoms. The predicted octanol–water partition coefficient (Wildman–Crippen LogP) is 4.69. The van der Waals surface area contributed by atoms with Gasteiger partial charge in [0.2, 0.25) is 0 Å². The van der Waals surface area contributed by atoms with Gasteiger partial charge in [-0.3, -0.25) is 0 Å². The molecule has 2 atom stereocenters. The number of rotatable bonds is 5. The molecule has 5 nitrogen and oxygen atoms in total. The number of anilines is 1. The molecule has 1 spiro atoms. The van der Waals surface area contributed by atoms with Crippen LogP contribution in [0.4, 0.5) is 10.5 Å². The van der Waals surface area contributed by atoms with E-state index in [1.165, 1.54) is 4.90 Å². The Morgan fingerprint density at radius 3 is 2.85 bits per heavy atom. The first-order valence-corrected chi connectivity index (χ1v) is 10.5. The summed E-state index contributed by atoms with van der Waals surface area (Å²) in [4.78, 5) is 13.7. The molecule has 0 radical (unpaired) electrons. The monoisotopic (exact) mass is 378 g/mol. The number of hydrogen-bond acceptors (Lipinski definition) is 4. The lowest BCUT2D eigenvalue weighted by molar-refractivity contribution is -0.180. The van der Waals surface area contributed by atoms with Gasteiger partial charge in [-0.25, -0.2) is 4.79 Å². The van der Waals surface area contributed by atoms with Crippen molar-refractivity contribution >= 4 is 23.5 Å². The van der Waals surface area contributed by atoms with Gasteiger partial charge >= 0.3 is 6.03 Å². The van der Waals surface area contributed by atoms with Crippen LogP contribution in [0.3, 0.4) is 0 Å². The molecule has 26 heavy (non-hydrogen) atoms. The van der Waals surface area contributed by atoms with Gasteiger partial charge in [0.05, 0.1) is 13.2 Å². The third-order valence-corrected chi connectivity index (χ3v) is 6.44. The molecule has 2 amide bonds. The maximum absolute atomic E-state index is 12.4. The van der Waals surface area contributed by atoms with Crippen molar-refractivity contribution in [2.75, 3.05) is 18.5 Å². The van der Waals surface area contributed by atoms with Gasteiger partial charge in [-0.05, 0) is 49.9 Å². The second-order valence-electron chi connectivity index (χ2n) is 7.31. The number of urea groups is 1. The first-order valence-electron chi connectivity index (χ1n) is 9.62. The highest BCUT2D eigenvalue weighted by atomic mass is 32.2. The molecule has 1 heterocycles. The van der Waals surface area contributed by atoms with Gasteiger partial charge in [0.25, 0.3) is 0 Å². The third-order valence-electron chi connectivity index (χ3n) is 5.17. The fourth-order valence-corrected chi connectivity index (χ4v) is 4.61. The summed E-state index contributed by atoms with van der Waals surface area (Å²) < 4.78 is 11.6. The molecule has 2 unspecified atom stereocenters. The van der Waals surface area contributed by atoms with Gasteiger partial charge in [0.1, 0.15) is 0 Å². The van der Waals surface area contributed by atoms with E-state index in [0.29, 0.717) is 18.5 Å². The summed E-state index contributed by atoms with van der Waals surface area (Å²) in [6.07, 6.45) is 4.75. The number of ether oxygens (including phenoxy) is 2. The standard InChI is InChI=1S/C20H30N2O3S/c1-4-15(3)26-17-7-8-18(14(2)12-17)22-19(23)21-16-6-5-9-20(13-16)24-10-11-25-20/h7-8,12,15-16H,4-6,9-11,13H2,1-3H3,(H2,21,22,23). The van der Waals surface area contributed by atoms with Crippen LogP contribution in [0.15, 0.2) is 23.1 Å². The van der Waals surface area contributed by atoms with Gasteiger partial charge in [-0.2, -0.15) is 0 Å². The molecule has 2 N–H and O–H groups in total. The maximum Gasteiger partial charge on any atom is 0.319 e. The number of nitrogens with one attached hydrogen (secondary N) is 2. The minimum Gasteiger partial charge on any atom is -0.347 e. The van der Waals surface area contributed by atoms with Gasteiger partial charge in [0, 0.05) is 34.7 Å². The molecule has 2 aliphatic rings. The Labute approximate surface area is 160 Å². The molecule has 1 aromatic rings. The summed E-state index contributed by atoms with van der Waals surface area (Å²) in [5, 5.41) is 6.67. The zero-order valence-electron chi connectivity index (χ0n) is 16.0. The summed E-state index contributed by atoms with van der Waals surface area (Å²) in [6.45, 7) is 7.76. The van der Waals surface area contributed by atoms with Gasteiger partial charge < -0.3 is 20.1 Å². The van der Waals surface area contributed by atoms with Gasteiger partial charge in [-0.15, -0.1) is 11.8 Å². The summed E-state index contributed by atoms with van der Waals surface area (Å²) >= 11 is 1.87. The van der Waals surface area contributed by atoms with Crippen molar-refractivity contribution in [1.29, 1.82) is 0 Å². The Kier molecular flexibility index (Phi) is 6.48. The van der Waals surface area contributed by atoms with E-state index in [1.807, 2.05) is 24.8 Å². The largest absolute Gasteiger partial charge is 0.347 e. The van der Waals surface area contributed by atoms with E-state index in [-0.39, 0.29) is 12.1 Å². The quantitative estimate of drug-likeness (QED) is 0.730. The van der Waals surface area contributed by atoms with Crippen LogP contribution in [0.25, 0.3) is 0 Å². The molecule has 1 saturated carbocycles. The van der Waals surface area contributed by atoms with Crippen molar-refractivity contribution in [2.45, 2.75) is 74.8 Å². The first-order chi connectivity index (χ1) is 12.5. The van der Waals surface area contributed by atoms with E-state index in [9.17, 15) is 4.79 Å². The summed E-state index contributed by atoms with van der Waals surface area (Å²) in [6, 6.07) is 6.14. The highest BCUT2D eigenvalue weighted by Gasteiger charge is 2.41. The Morgan fingerprint density at radius 2 is 2.15 bits per heavy atom. The number of carbonyl (C=O) groups excluding carboxylic acids is 1. The lowest BCUT2D eigenvalue weighted by Crippen LogP contribution is -2.47. The van der Waals surface area contributed by atoms with E-state index < -0.39 is 5.79 Å². The maximum atomic E-state index is 12.4. The Hall–Kier alpha value is -1.24. The molecule has 1 aliphatic carbocycles. The minimum absolute atomic E-state index is 0.0855. The van der Waals surface area contributed by atoms with Crippen LogP contribution < -0.4 is 10.6 Å². The number of aryl methyl sites for hydroxylation is 1. The summed E-state index contributed by atoms with van der Waals surface area (Å²) in [7, 11) is 0. The second-order valence-corrected chi connectivity index (χ2v) is 8.82. The number of carbonyl (C=O) groups is 1. The topological polar surface area (TPSA) is 59.6 Å². The van der Waals surface area contributed by atoms with Crippen molar-refractivity contribution in [3.63, 3.8) is 0 Å². The van der Waals surface area contributed by atoms with Crippen LogP contribution in [-0.4, -0.2) is 36.3 Å². The normalized spacial score (nSPS) is 23.0. The fraction of sp³-hybridized carbons (Fsp3) is 0.650. The molecular formula is C20H30N2O3S. The molecule has 144 valence electrons. The summed E-state index contributed by atoms with van der Waals surface area (Å²) in [5.41, 5.74) is 1.94. The predicted molar refractivity (Wildman–Crippen MR) is 106 cm³/mol. The molecule has 0 aromatic heterocycles. The van der Waals surface area contributed by atoms with Gasteiger partial charge in [-0.1, -0.05) is 13.8 Å². The summed E-state index contributed by atoms with van der Waals surface area (Å²) in [5.74, 6) is -0.471. The third kappa shape index (κ3) is 4.93. The number of hydrogen-bond donors (Lipinski definition) is 2. The zero-order valence-corrected chi connectivity index (χ0v) is 16.8. The van der Waals surface area contributed by atoms with E-state index in [1.54, 1.807) is 0 Å². The zero-order chi connectivity index (χ0) is 18.6. The van der Waals surface area contributed by atoms with Crippen LogP contribution in [0.5, 0.6) is 0 Å². The SMILES string of the molecule is CCC(C)Sc1ccc(NC(=O)NC2CCCC3(C2)OCCO3)c(C)c1. The Bertz CT molecular complexity index is 631. The highest BCUT2D eigenvalue weighted by molar-refractivity contribution is 7.99. The van der Waals surface area contributed by atoms with E-state index >= 15 is 0 Å². The van der Waals surface area contributed by atoms with Crippen molar-refractivity contribution in [3.8, 4) is 0 Å². The molecular weight excluding hydrogens is 348 g/mol. The van der Waals surface area contributed by atoms with Crippen LogP contribution >= 0.6 is 11.8 Å². The van der Waals surface area contributed by atoms with Crippen LogP contribution in [0.2, 0.25) is 0 Å². The van der Waals surface area contributed by atoms with Crippen LogP contribution in [0, 0.1) is 6.92 Å². The Balaban J connectivity index is 1.54. The Morgan fingerprint density at radius 1 is 1.38 bits per heavy atom. The lowest BCUT2D eigenvalue weighted by Gasteiger charge is -2.36. The van der Waals surface area contributed by atoms with Crippen LogP contribution in [0.1, 0.15) is 51.5 Å². The van der Waals surface area contributed by atoms with Crippen LogP contribution in [-0.2, 0) is 9.47 Å². The van der Waals surface area contributed by atoms with E-state index in [4.69, 9.17) is 9.47 Å². The molecule has 6 heteroatoms. The lowest BCUT2D eigenvalue weighted by atomic mass is 9.90. The van der Waals surface area contributed by atoms with Gasteiger partial charge in [0.15, 0.2) is 5.79 Å². The smallest absolute Gasteiger partial charge is 0.319 e. The number of thioether (sulfide) groups is 1. The second kappa shape index (κ2) is 8.63. The number of benzene rings is 1. The first kappa shape index (κ1) is 19.5. The molecule has 1 aromatic carbocycles. The van der Waals surface area contributed by atoms with E-state index in [2.05, 4.69) is 36.6 Å². The van der Waals surface area contributed by atoms with Crippen molar-refractivity contribution in [3.05, 3.63) is 23.8 Å². The fourth-order valence-electron chi connectivity index (χ4n) is 3.59. The minimum atomic E-state index is -0.471. The molecule has 2 fully saturated rings. The number of amides is 2. The molecule has 3 rings (SSSR count). The molecule has 1 saturated heterocycles. The molecule has 1 aliphatic heterocycles. The average Bonchev–Trinajstić information content (AvgIpc) is 3.04. The van der Waals surface area contributed by atoms with Crippen molar-refractivity contribution in [2.24, 2.45) is 0 Å². The van der Waals surface area contributed by atoms with Crippen molar-refractivity contribution < 1.29 is 14.3 Å².